The van der Waals surface area contributed by atoms with Gasteiger partial charge in [-0.25, -0.2) is 4.79 Å². The molecule has 2 N–H and O–H groups in total. The second-order valence-electron chi connectivity index (χ2n) is 5.04. The maximum Gasteiger partial charge on any atom is 0.471 e. The van der Waals surface area contributed by atoms with Gasteiger partial charge >= 0.3 is 18.1 Å². The Morgan fingerprint density at radius 3 is 2.18 bits per heavy atom. The average Bonchev–Trinajstić information content (AvgIpc) is 2.03. The third kappa shape index (κ3) is 2.23. The summed E-state index contributed by atoms with van der Waals surface area (Å²) in [5, 5.41) is 10.3. The maximum absolute atomic E-state index is 12.0. The van der Waals surface area contributed by atoms with Crippen LogP contribution < -0.4 is 5.32 Å². The maximum atomic E-state index is 12.0. The number of aliphatic carboxylic acids is 1. The van der Waals surface area contributed by atoms with E-state index in [0.29, 0.717) is 5.92 Å². The zero-order valence-corrected chi connectivity index (χ0v) is 8.88. The highest BCUT2D eigenvalue weighted by Crippen LogP contribution is 2.66. The van der Waals surface area contributed by atoms with Gasteiger partial charge in [-0.1, -0.05) is 0 Å². The van der Waals surface area contributed by atoms with Crippen LogP contribution in [0.2, 0.25) is 0 Å². The first kappa shape index (κ1) is 12.2. The molecule has 0 aromatic rings. The van der Waals surface area contributed by atoms with Crippen LogP contribution in [0.1, 0.15) is 25.7 Å². The first-order chi connectivity index (χ1) is 7.72. The molecule has 0 unspecified atom stereocenters. The number of alkyl halides is 3. The molecule has 2 bridgehead atoms. The van der Waals surface area contributed by atoms with Crippen LogP contribution >= 0.6 is 0 Å². The van der Waals surface area contributed by atoms with Crippen LogP contribution in [0.5, 0.6) is 0 Å². The number of carboxylic acids is 1. The van der Waals surface area contributed by atoms with Crippen LogP contribution in [0.4, 0.5) is 13.2 Å². The highest BCUT2D eigenvalue weighted by atomic mass is 19.4. The largest absolute Gasteiger partial charge is 0.480 e. The van der Waals surface area contributed by atoms with E-state index in [1.54, 1.807) is 5.32 Å². The summed E-state index contributed by atoms with van der Waals surface area (Å²) >= 11 is 0. The van der Waals surface area contributed by atoms with Gasteiger partial charge in [0, 0.05) is 0 Å². The lowest BCUT2D eigenvalue weighted by molar-refractivity contribution is -0.178. The lowest BCUT2D eigenvalue weighted by Crippen LogP contribution is -2.57. The molecule has 7 heteroatoms. The van der Waals surface area contributed by atoms with Gasteiger partial charge in [0.2, 0.25) is 0 Å². The Morgan fingerprint density at radius 2 is 1.88 bits per heavy atom. The Hall–Kier alpha value is -1.27. The van der Waals surface area contributed by atoms with Crippen LogP contribution in [-0.2, 0) is 9.59 Å². The SMILES string of the molecule is O=C(O)[C@H](CC12CC(C1)C2)NC(=O)C(F)(F)F. The number of hydrogen-bond acceptors (Lipinski definition) is 2. The molecule has 0 aromatic carbocycles. The zero-order valence-electron chi connectivity index (χ0n) is 8.88. The van der Waals surface area contributed by atoms with E-state index in [4.69, 9.17) is 5.11 Å². The smallest absolute Gasteiger partial charge is 0.471 e. The van der Waals surface area contributed by atoms with E-state index in [1.165, 1.54) is 0 Å². The third-order valence-corrected chi connectivity index (χ3v) is 3.66. The van der Waals surface area contributed by atoms with E-state index < -0.39 is 24.1 Å². The first-order valence-corrected chi connectivity index (χ1v) is 5.32. The number of rotatable bonds is 4. The standard InChI is InChI=1S/C10H12F3NO3/c11-10(12,13)8(17)14-6(7(15)16)4-9-1-5(2-9)3-9/h5-6H,1-4H2,(H,14,17)(H,15,16)/t5?,6-,9?/m0/s1. The van der Waals surface area contributed by atoms with Crippen molar-refractivity contribution in [3.8, 4) is 0 Å². The highest BCUT2D eigenvalue weighted by Gasteiger charge is 2.57. The zero-order chi connectivity index (χ0) is 12.8. The van der Waals surface area contributed by atoms with Crippen molar-refractivity contribution in [3.63, 3.8) is 0 Å². The summed E-state index contributed by atoms with van der Waals surface area (Å²) in [5.41, 5.74) is -0.132. The minimum Gasteiger partial charge on any atom is -0.480 e. The van der Waals surface area contributed by atoms with Gasteiger partial charge in [-0.3, -0.25) is 4.79 Å². The molecule has 1 atom stereocenters. The molecule has 0 aromatic heterocycles. The van der Waals surface area contributed by atoms with E-state index in [-0.39, 0.29) is 11.8 Å². The van der Waals surface area contributed by atoms with E-state index in [2.05, 4.69) is 0 Å². The molecule has 0 aliphatic heterocycles. The monoisotopic (exact) mass is 251 g/mol. The molecule has 0 saturated heterocycles. The van der Waals surface area contributed by atoms with E-state index >= 15 is 0 Å². The molecule has 17 heavy (non-hydrogen) atoms. The number of carbonyl (C=O) groups excluding carboxylic acids is 1. The van der Waals surface area contributed by atoms with Crippen LogP contribution in [0.25, 0.3) is 0 Å². The number of halogens is 3. The van der Waals surface area contributed by atoms with Gasteiger partial charge in [0.05, 0.1) is 0 Å². The predicted octanol–water partition coefficient (Wildman–Crippen LogP) is 1.31. The van der Waals surface area contributed by atoms with E-state index in [1.807, 2.05) is 0 Å². The molecule has 3 fully saturated rings. The van der Waals surface area contributed by atoms with Gasteiger partial charge in [-0.2, -0.15) is 13.2 Å². The Morgan fingerprint density at radius 1 is 1.35 bits per heavy atom. The topological polar surface area (TPSA) is 66.4 Å². The molecule has 3 rings (SSSR count). The Balaban J connectivity index is 1.93. The molecule has 96 valence electrons. The summed E-state index contributed by atoms with van der Waals surface area (Å²) in [6, 6.07) is -1.44. The minimum absolute atomic E-state index is 0.0979. The van der Waals surface area contributed by atoms with Gasteiger partial charge in [0.25, 0.3) is 0 Å². The Labute approximate surface area is 95.2 Å². The third-order valence-electron chi connectivity index (χ3n) is 3.66. The average molecular weight is 251 g/mol. The number of carboxylic acid groups (broad SMARTS) is 1. The normalized spacial score (nSPS) is 32.1. The van der Waals surface area contributed by atoms with Crippen molar-refractivity contribution in [2.24, 2.45) is 11.3 Å². The highest BCUT2D eigenvalue weighted by molar-refractivity contribution is 5.86. The second-order valence-corrected chi connectivity index (χ2v) is 5.04. The van der Waals surface area contributed by atoms with Crippen molar-refractivity contribution in [2.75, 3.05) is 0 Å². The lowest BCUT2D eigenvalue weighted by Gasteiger charge is -2.62. The van der Waals surface area contributed by atoms with Crippen LogP contribution in [-0.4, -0.2) is 29.2 Å². The van der Waals surface area contributed by atoms with Crippen molar-refractivity contribution in [3.05, 3.63) is 0 Å². The summed E-state index contributed by atoms with van der Waals surface area (Å²) in [7, 11) is 0. The lowest BCUT2D eigenvalue weighted by atomic mass is 9.43. The summed E-state index contributed by atoms with van der Waals surface area (Å²) in [4.78, 5) is 21.5. The molecule has 3 aliphatic rings. The van der Waals surface area contributed by atoms with Gasteiger partial charge < -0.3 is 10.4 Å². The summed E-state index contributed by atoms with van der Waals surface area (Å²) in [6.07, 6.45) is -2.32. The fourth-order valence-electron chi connectivity index (χ4n) is 2.78. The van der Waals surface area contributed by atoms with Crippen molar-refractivity contribution in [1.29, 1.82) is 0 Å². The van der Waals surface area contributed by atoms with Crippen LogP contribution in [0.15, 0.2) is 0 Å². The summed E-state index contributed by atoms with van der Waals surface area (Å²) in [6.45, 7) is 0. The van der Waals surface area contributed by atoms with Crippen LogP contribution in [0, 0.1) is 11.3 Å². The van der Waals surface area contributed by atoms with Crippen molar-refractivity contribution >= 4 is 11.9 Å². The quantitative estimate of drug-likeness (QED) is 0.791. The summed E-state index contributed by atoms with van der Waals surface area (Å²) in [5.74, 6) is -2.98. The molecule has 0 heterocycles. The van der Waals surface area contributed by atoms with Gasteiger partial charge in [0.15, 0.2) is 0 Å². The van der Waals surface area contributed by atoms with Gasteiger partial charge in [-0.05, 0) is 37.0 Å². The van der Waals surface area contributed by atoms with Gasteiger partial charge in [-0.15, -0.1) is 0 Å². The number of hydrogen-bond donors (Lipinski definition) is 2. The number of amides is 1. The Kier molecular flexibility index (Phi) is 2.59. The fourth-order valence-corrected chi connectivity index (χ4v) is 2.78. The molecule has 1 amide bonds. The van der Waals surface area contributed by atoms with E-state index in [0.717, 1.165) is 19.3 Å². The Bertz CT molecular complexity index is 349. The predicted molar refractivity (Wildman–Crippen MR) is 50.0 cm³/mol. The van der Waals surface area contributed by atoms with Crippen molar-refractivity contribution in [1.82, 2.24) is 5.32 Å². The molecule has 0 spiro atoms. The molecular formula is C10H12F3NO3. The molecule has 0 radical (unpaired) electrons. The molecular weight excluding hydrogens is 239 g/mol. The van der Waals surface area contributed by atoms with Gasteiger partial charge in [0.1, 0.15) is 6.04 Å². The molecule has 3 saturated carbocycles. The fraction of sp³-hybridized carbons (Fsp3) is 0.800. The van der Waals surface area contributed by atoms with Crippen molar-refractivity contribution < 1.29 is 27.9 Å². The van der Waals surface area contributed by atoms with Crippen molar-refractivity contribution in [2.45, 2.75) is 37.9 Å². The molecule has 3 aliphatic carbocycles. The number of nitrogens with one attached hydrogen (secondary N) is 1. The molecule has 4 nitrogen and oxygen atoms in total. The van der Waals surface area contributed by atoms with E-state index in [9.17, 15) is 22.8 Å². The summed E-state index contributed by atoms with van der Waals surface area (Å²) < 4.78 is 36.0. The minimum atomic E-state index is -5.03. The number of carbonyl (C=O) groups is 2. The second kappa shape index (κ2) is 3.61. The van der Waals surface area contributed by atoms with Crippen LogP contribution in [0.3, 0.4) is 0 Å². The first-order valence-electron chi connectivity index (χ1n) is 5.32.